The Labute approximate surface area is 74.5 Å². The largest absolute Gasteiger partial charge is 0.373 e. The van der Waals surface area contributed by atoms with Gasteiger partial charge in [-0.3, -0.25) is 0 Å². The predicted octanol–water partition coefficient (Wildman–Crippen LogP) is 1.83. The second kappa shape index (κ2) is 3.75. The third kappa shape index (κ3) is 1.80. The molecular weight excluding hydrogens is 150 g/mol. The van der Waals surface area contributed by atoms with Gasteiger partial charge in [-0.25, -0.2) is 0 Å². The highest BCUT2D eigenvalue weighted by atomic mass is 16.5. The van der Waals surface area contributed by atoms with Gasteiger partial charge in [0.1, 0.15) is 0 Å². The van der Waals surface area contributed by atoms with Crippen molar-refractivity contribution in [2.24, 2.45) is 5.73 Å². The molecule has 0 unspecified atom stereocenters. The van der Waals surface area contributed by atoms with Gasteiger partial charge in [0.05, 0.1) is 12.2 Å². The van der Waals surface area contributed by atoms with Gasteiger partial charge in [-0.15, -0.1) is 0 Å². The zero-order chi connectivity index (χ0) is 8.39. The van der Waals surface area contributed by atoms with Crippen molar-refractivity contribution in [1.29, 1.82) is 0 Å². The van der Waals surface area contributed by atoms with Crippen molar-refractivity contribution in [2.45, 2.75) is 63.2 Å². The lowest BCUT2D eigenvalue weighted by Gasteiger charge is -2.37. The molecule has 2 heteroatoms. The minimum absolute atomic E-state index is 0.340. The number of hydrogen-bond acceptors (Lipinski definition) is 2. The Bertz CT molecular complexity index is 143. The van der Waals surface area contributed by atoms with E-state index in [0.717, 1.165) is 6.42 Å². The van der Waals surface area contributed by atoms with Gasteiger partial charge < -0.3 is 10.5 Å². The van der Waals surface area contributed by atoms with Gasteiger partial charge in [0.2, 0.25) is 0 Å². The summed E-state index contributed by atoms with van der Waals surface area (Å²) < 4.78 is 5.91. The molecule has 2 nitrogen and oxygen atoms in total. The predicted molar refractivity (Wildman–Crippen MR) is 49.0 cm³/mol. The molecule has 2 N–H and O–H groups in total. The monoisotopic (exact) mass is 169 g/mol. The van der Waals surface area contributed by atoms with Crippen molar-refractivity contribution in [3.8, 4) is 0 Å². The van der Waals surface area contributed by atoms with E-state index in [2.05, 4.69) is 0 Å². The molecule has 0 aromatic rings. The van der Waals surface area contributed by atoms with Crippen LogP contribution in [0.1, 0.15) is 44.9 Å². The first kappa shape index (κ1) is 8.52. The zero-order valence-electron chi connectivity index (χ0n) is 7.67. The molecule has 2 atom stereocenters. The zero-order valence-corrected chi connectivity index (χ0v) is 7.67. The molecular formula is C10H19NO. The summed E-state index contributed by atoms with van der Waals surface area (Å²) in [7, 11) is 0. The fourth-order valence-corrected chi connectivity index (χ4v) is 2.11. The summed E-state index contributed by atoms with van der Waals surface area (Å²) in [6.07, 6.45) is 9.93. The van der Waals surface area contributed by atoms with Crippen LogP contribution in [-0.2, 0) is 4.74 Å². The van der Waals surface area contributed by atoms with E-state index in [4.69, 9.17) is 10.5 Å². The van der Waals surface area contributed by atoms with E-state index in [-0.39, 0.29) is 0 Å². The van der Waals surface area contributed by atoms with Crippen LogP contribution in [0.2, 0.25) is 0 Å². The standard InChI is InChI=1S/C10H19NO/c11-9-6-7-10(9)12-8-4-2-1-3-5-8/h8-10H,1-7,11H2/t9-,10+/m0/s1. The van der Waals surface area contributed by atoms with Gasteiger partial charge in [0, 0.05) is 6.04 Å². The quantitative estimate of drug-likeness (QED) is 0.684. The first-order valence-electron chi connectivity index (χ1n) is 5.27. The molecule has 0 saturated heterocycles. The molecule has 70 valence electrons. The van der Waals surface area contributed by atoms with E-state index in [1.807, 2.05) is 0 Å². The fourth-order valence-electron chi connectivity index (χ4n) is 2.11. The van der Waals surface area contributed by atoms with Crippen molar-refractivity contribution >= 4 is 0 Å². The van der Waals surface area contributed by atoms with Crippen molar-refractivity contribution in [1.82, 2.24) is 0 Å². The first-order valence-corrected chi connectivity index (χ1v) is 5.27. The molecule has 2 aliphatic carbocycles. The molecule has 2 aliphatic rings. The molecule has 0 spiro atoms. The molecule has 12 heavy (non-hydrogen) atoms. The molecule has 2 rings (SSSR count). The minimum atomic E-state index is 0.340. The number of ether oxygens (including phenoxy) is 1. The van der Waals surface area contributed by atoms with Crippen LogP contribution in [0.3, 0.4) is 0 Å². The topological polar surface area (TPSA) is 35.2 Å². The third-order valence-corrected chi connectivity index (χ3v) is 3.18. The average Bonchev–Trinajstić information content (AvgIpc) is 2.14. The summed E-state index contributed by atoms with van der Waals surface area (Å²) in [6.45, 7) is 0. The van der Waals surface area contributed by atoms with Crippen LogP contribution in [0.25, 0.3) is 0 Å². The van der Waals surface area contributed by atoms with Gasteiger partial charge >= 0.3 is 0 Å². The average molecular weight is 169 g/mol. The van der Waals surface area contributed by atoms with Crippen molar-refractivity contribution in [3.63, 3.8) is 0 Å². The Hall–Kier alpha value is -0.0800. The summed E-state index contributed by atoms with van der Waals surface area (Å²) in [5, 5.41) is 0. The number of hydrogen-bond donors (Lipinski definition) is 1. The maximum absolute atomic E-state index is 5.91. The second-order valence-corrected chi connectivity index (χ2v) is 4.18. The Morgan fingerprint density at radius 3 is 2.17 bits per heavy atom. The van der Waals surface area contributed by atoms with E-state index in [0.29, 0.717) is 18.2 Å². The Kier molecular flexibility index (Phi) is 2.66. The van der Waals surface area contributed by atoms with Crippen LogP contribution in [0.15, 0.2) is 0 Å². The molecule has 0 bridgehead atoms. The summed E-state index contributed by atoms with van der Waals surface area (Å²) in [6, 6.07) is 0.340. The Morgan fingerprint density at radius 1 is 0.917 bits per heavy atom. The lowest BCUT2D eigenvalue weighted by molar-refractivity contribution is -0.0758. The van der Waals surface area contributed by atoms with E-state index in [9.17, 15) is 0 Å². The SMILES string of the molecule is N[C@H]1CC[C@H]1OC1CCCCC1. The molecule has 0 aromatic heterocycles. The normalized spacial score (nSPS) is 37.8. The highest BCUT2D eigenvalue weighted by Crippen LogP contribution is 2.28. The lowest BCUT2D eigenvalue weighted by atomic mass is 9.89. The summed E-state index contributed by atoms with van der Waals surface area (Å²) in [5.74, 6) is 0. The summed E-state index contributed by atoms with van der Waals surface area (Å²) in [5.41, 5.74) is 5.81. The van der Waals surface area contributed by atoms with E-state index >= 15 is 0 Å². The van der Waals surface area contributed by atoms with E-state index in [1.54, 1.807) is 0 Å². The van der Waals surface area contributed by atoms with Crippen LogP contribution in [0, 0.1) is 0 Å². The third-order valence-electron chi connectivity index (χ3n) is 3.18. The smallest absolute Gasteiger partial charge is 0.0730 e. The first-order chi connectivity index (χ1) is 5.86. The highest BCUT2D eigenvalue weighted by molar-refractivity contribution is 4.86. The van der Waals surface area contributed by atoms with Gasteiger partial charge in [-0.1, -0.05) is 19.3 Å². The molecule has 0 aromatic carbocycles. The summed E-state index contributed by atoms with van der Waals surface area (Å²) >= 11 is 0. The van der Waals surface area contributed by atoms with Gasteiger partial charge in [0.25, 0.3) is 0 Å². The van der Waals surface area contributed by atoms with Crippen molar-refractivity contribution < 1.29 is 4.74 Å². The Morgan fingerprint density at radius 2 is 1.67 bits per heavy atom. The molecule has 0 amide bonds. The molecule has 2 fully saturated rings. The van der Waals surface area contributed by atoms with Gasteiger partial charge in [-0.2, -0.15) is 0 Å². The van der Waals surface area contributed by atoms with Crippen molar-refractivity contribution in [3.05, 3.63) is 0 Å². The molecule has 0 aliphatic heterocycles. The Balaban J connectivity index is 1.70. The number of nitrogens with two attached hydrogens (primary N) is 1. The molecule has 0 radical (unpaired) electrons. The van der Waals surface area contributed by atoms with Crippen LogP contribution < -0.4 is 5.73 Å². The summed E-state index contributed by atoms with van der Waals surface area (Å²) in [4.78, 5) is 0. The maximum atomic E-state index is 5.91. The van der Waals surface area contributed by atoms with Crippen LogP contribution in [-0.4, -0.2) is 18.2 Å². The minimum Gasteiger partial charge on any atom is -0.373 e. The second-order valence-electron chi connectivity index (χ2n) is 4.18. The van der Waals surface area contributed by atoms with Gasteiger partial charge in [0.15, 0.2) is 0 Å². The van der Waals surface area contributed by atoms with Crippen LogP contribution in [0.5, 0.6) is 0 Å². The van der Waals surface area contributed by atoms with E-state index < -0.39 is 0 Å². The maximum Gasteiger partial charge on any atom is 0.0730 e. The van der Waals surface area contributed by atoms with Crippen molar-refractivity contribution in [2.75, 3.05) is 0 Å². The lowest BCUT2D eigenvalue weighted by Crippen LogP contribution is -2.47. The number of rotatable bonds is 2. The molecule has 2 saturated carbocycles. The van der Waals surface area contributed by atoms with Crippen LogP contribution >= 0.6 is 0 Å². The highest BCUT2D eigenvalue weighted by Gasteiger charge is 2.30. The van der Waals surface area contributed by atoms with Gasteiger partial charge in [-0.05, 0) is 25.7 Å². The van der Waals surface area contributed by atoms with E-state index in [1.165, 1.54) is 38.5 Å². The van der Waals surface area contributed by atoms with Crippen LogP contribution in [0.4, 0.5) is 0 Å². The molecule has 0 heterocycles. The fraction of sp³-hybridized carbons (Fsp3) is 1.00.